The van der Waals surface area contributed by atoms with Crippen LogP contribution in [0, 0.1) is 0 Å². The average molecular weight is 189 g/mol. The molecular weight excluding hydrogens is 174 g/mol. The first-order chi connectivity index (χ1) is 6.83. The van der Waals surface area contributed by atoms with Gasteiger partial charge >= 0.3 is 0 Å². The maximum absolute atomic E-state index is 11.7. The van der Waals surface area contributed by atoms with Crippen LogP contribution in [0.5, 0.6) is 0 Å². The Hall–Kier alpha value is -1.15. The van der Waals surface area contributed by atoms with E-state index >= 15 is 0 Å². The Morgan fingerprint density at radius 1 is 1.50 bits per heavy atom. The lowest BCUT2D eigenvalue weighted by atomic mass is 9.87. The molecule has 1 aromatic rings. The number of fused-ring (bicyclic) bond motifs is 1. The molecule has 1 heterocycles. The van der Waals surface area contributed by atoms with Crippen molar-refractivity contribution in [3.05, 3.63) is 35.4 Å². The molecule has 1 atom stereocenters. The summed E-state index contributed by atoms with van der Waals surface area (Å²) in [6, 6.07) is 8.21. The van der Waals surface area contributed by atoms with Gasteiger partial charge in [-0.15, -0.1) is 0 Å². The van der Waals surface area contributed by atoms with Crippen molar-refractivity contribution in [3.8, 4) is 0 Å². The van der Waals surface area contributed by atoms with Crippen molar-refractivity contribution in [1.29, 1.82) is 0 Å². The smallest absolute Gasteiger partial charge is 0.141 e. The van der Waals surface area contributed by atoms with Gasteiger partial charge in [0.15, 0.2) is 0 Å². The highest BCUT2D eigenvalue weighted by molar-refractivity contribution is 5.86. The quantitative estimate of drug-likeness (QED) is 0.769. The second-order valence-electron chi connectivity index (χ2n) is 3.70. The highest BCUT2D eigenvalue weighted by Gasteiger charge is 2.24. The van der Waals surface area contributed by atoms with Crippen LogP contribution in [0.25, 0.3) is 0 Å². The maximum atomic E-state index is 11.7. The van der Waals surface area contributed by atoms with Crippen molar-refractivity contribution >= 4 is 5.78 Å². The number of Topliss-reactive ketones (excluding diaryl/α,β-unsaturated/α-hetero) is 1. The Balaban J connectivity index is 2.35. The predicted octanol–water partition coefficient (Wildman–Crippen LogP) is 1.85. The largest absolute Gasteiger partial charge is 0.312 e. The Morgan fingerprint density at radius 2 is 2.29 bits per heavy atom. The SMILES string of the molecule is CCC(=O)C1CNCc2ccccc21. The van der Waals surface area contributed by atoms with Gasteiger partial charge in [0, 0.05) is 19.5 Å². The monoisotopic (exact) mass is 189 g/mol. The zero-order chi connectivity index (χ0) is 9.97. The summed E-state index contributed by atoms with van der Waals surface area (Å²) in [5.41, 5.74) is 2.49. The third kappa shape index (κ3) is 1.58. The van der Waals surface area contributed by atoms with Crippen molar-refractivity contribution in [2.24, 2.45) is 0 Å². The third-order valence-corrected chi connectivity index (χ3v) is 2.83. The minimum atomic E-state index is 0.0740. The number of benzene rings is 1. The summed E-state index contributed by atoms with van der Waals surface area (Å²) in [7, 11) is 0. The molecule has 0 aromatic heterocycles. The molecule has 2 heteroatoms. The summed E-state index contributed by atoms with van der Waals surface area (Å²) in [6.45, 7) is 3.62. The third-order valence-electron chi connectivity index (χ3n) is 2.83. The van der Waals surface area contributed by atoms with Gasteiger partial charge in [-0.25, -0.2) is 0 Å². The van der Waals surface area contributed by atoms with Crippen molar-refractivity contribution in [2.45, 2.75) is 25.8 Å². The molecule has 0 bridgehead atoms. The van der Waals surface area contributed by atoms with E-state index in [1.165, 1.54) is 11.1 Å². The van der Waals surface area contributed by atoms with E-state index in [2.05, 4.69) is 17.4 Å². The first-order valence-electron chi connectivity index (χ1n) is 5.14. The zero-order valence-electron chi connectivity index (χ0n) is 8.42. The summed E-state index contributed by atoms with van der Waals surface area (Å²) >= 11 is 0. The lowest BCUT2D eigenvalue weighted by Gasteiger charge is -2.24. The Bertz CT molecular complexity index is 346. The van der Waals surface area contributed by atoms with E-state index in [1.54, 1.807) is 0 Å². The minimum absolute atomic E-state index is 0.0740. The summed E-state index contributed by atoms with van der Waals surface area (Å²) in [4.78, 5) is 11.7. The van der Waals surface area contributed by atoms with E-state index in [1.807, 2.05) is 19.1 Å². The van der Waals surface area contributed by atoms with Crippen LogP contribution in [-0.4, -0.2) is 12.3 Å². The number of carbonyl (C=O) groups excluding carboxylic acids is 1. The van der Waals surface area contributed by atoms with Crippen molar-refractivity contribution < 1.29 is 4.79 Å². The normalized spacial score (nSPS) is 20.2. The fourth-order valence-electron chi connectivity index (χ4n) is 2.03. The fraction of sp³-hybridized carbons (Fsp3) is 0.417. The van der Waals surface area contributed by atoms with Gasteiger partial charge in [0.2, 0.25) is 0 Å². The van der Waals surface area contributed by atoms with Gasteiger partial charge in [0.1, 0.15) is 5.78 Å². The van der Waals surface area contributed by atoms with Gasteiger partial charge in [-0.3, -0.25) is 4.79 Å². The van der Waals surface area contributed by atoms with Crippen LogP contribution in [0.3, 0.4) is 0 Å². The molecule has 0 amide bonds. The molecule has 0 saturated carbocycles. The Kier molecular flexibility index (Phi) is 2.64. The van der Waals surface area contributed by atoms with Gasteiger partial charge < -0.3 is 5.32 Å². The number of hydrogen-bond acceptors (Lipinski definition) is 2. The summed E-state index contributed by atoms with van der Waals surface area (Å²) in [5, 5.41) is 3.29. The van der Waals surface area contributed by atoms with Crippen LogP contribution in [0.2, 0.25) is 0 Å². The van der Waals surface area contributed by atoms with Crippen molar-refractivity contribution in [2.75, 3.05) is 6.54 Å². The van der Waals surface area contributed by atoms with Crippen LogP contribution in [0.4, 0.5) is 0 Å². The van der Waals surface area contributed by atoms with Gasteiger partial charge in [-0.05, 0) is 11.1 Å². The number of ketones is 1. The van der Waals surface area contributed by atoms with E-state index < -0.39 is 0 Å². The molecule has 0 fully saturated rings. The minimum Gasteiger partial charge on any atom is -0.312 e. The van der Waals surface area contributed by atoms with Crippen molar-refractivity contribution in [1.82, 2.24) is 5.32 Å². The van der Waals surface area contributed by atoms with E-state index in [-0.39, 0.29) is 5.92 Å². The highest BCUT2D eigenvalue weighted by Crippen LogP contribution is 2.25. The highest BCUT2D eigenvalue weighted by atomic mass is 16.1. The molecule has 2 nitrogen and oxygen atoms in total. The molecule has 0 aliphatic carbocycles. The maximum Gasteiger partial charge on any atom is 0.141 e. The molecule has 74 valence electrons. The Labute approximate surface area is 84.3 Å². The van der Waals surface area contributed by atoms with Crippen LogP contribution >= 0.6 is 0 Å². The molecule has 0 spiro atoms. The van der Waals surface area contributed by atoms with Crippen LogP contribution < -0.4 is 5.32 Å². The molecule has 14 heavy (non-hydrogen) atoms. The van der Waals surface area contributed by atoms with Gasteiger partial charge in [0.25, 0.3) is 0 Å². The summed E-state index contributed by atoms with van der Waals surface area (Å²) in [6.07, 6.45) is 0.626. The lowest BCUT2D eigenvalue weighted by molar-refractivity contribution is -0.120. The number of carbonyl (C=O) groups is 1. The van der Waals surface area contributed by atoms with E-state index in [0.29, 0.717) is 12.2 Å². The van der Waals surface area contributed by atoms with E-state index in [4.69, 9.17) is 0 Å². The van der Waals surface area contributed by atoms with Crippen LogP contribution in [0.1, 0.15) is 30.4 Å². The second-order valence-corrected chi connectivity index (χ2v) is 3.70. The molecule has 1 unspecified atom stereocenters. The molecule has 2 rings (SSSR count). The molecule has 1 aromatic carbocycles. The summed E-state index contributed by atoms with van der Waals surface area (Å²) in [5.74, 6) is 0.412. The van der Waals surface area contributed by atoms with Gasteiger partial charge in [0.05, 0.1) is 5.92 Å². The van der Waals surface area contributed by atoms with E-state index in [9.17, 15) is 4.79 Å². The van der Waals surface area contributed by atoms with Gasteiger partial charge in [-0.1, -0.05) is 31.2 Å². The molecule has 0 radical (unpaired) electrons. The first kappa shape index (κ1) is 9.41. The first-order valence-corrected chi connectivity index (χ1v) is 5.14. The van der Waals surface area contributed by atoms with Gasteiger partial charge in [-0.2, -0.15) is 0 Å². The van der Waals surface area contributed by atoms with Crippen molar-refractivity contribution in [3.63, 3.8) is 0 Å². The fourth-order valence-corrected chi connectivity index (χ4v) is 2.03. The molecular formula is C12H15NO. The molecule has 0 saturated heterocycles. The second kappa shape index (κ2) is 3.93. The van der Waals surface area contributed by atoms with Crippen LogP contribution in [0.15, 0.2) is 24.3 Å². The molecule has 1 aliphatic heterocycles. The number of rotatable bonds is 2. The van der Waals surface area contributed by atoms with E-state index in [0.717, 1.165) is 13.1 Å². The number of nitrogens with one attached hydrogen (secondary N) is 1. The van der Waals surface area contributed by atoms with Crippen LogP contribution in [-0.2, 0) is 11.3 Å². The predicted molar refractivity (Wildman–Crippen MR) is 56.2 cm³/mol. The Morgan fingerprint density at radius 3 is 3.07 bits per heavy atom. The topological polar surface area (TPSA) is 29.1 Å². The number of hydrogen-bond donors (Lipinski definition) is 1. The average Bonchev–Trinajstić information content (AvgIpc) is 2.27. The standard InChI is InChI=1S/C12H15NO/c1-2-12(14)11-8-13-7-9-5-3-4-6-10(9)11/h3-6,11,13H,2,7-8H2,1H3. The summed E-state index contributed by atoms with van der Waals surface area (Å²) < 4.78 is 0. The molecule has 1 aliphatic rings. The lowest BCUT2D eigenvalue weighted by Crippen LogP contribution is -2.32. The zero-order valence-corrected chi connectivity index (χ0v) is 8.42. The molecule has 1 N–H and O–H groups in total.